The normalized spacial score (nSPS) is 19.5. The van der Waals surface area contributed by atoms with Gasteiger partial charge in [-0.2, -0.15) is 18.3 Å². The Bertz CT molecular complexity index is 981. The lowest BCUT2D eigenvalue weighted by molar-refractivity contribution is -0.192. The second-order valence-electron chi connectivity index (χ2n) is 8.75. The topological polar surface area (TPSA) is 87.5 Å². The lowest BCUT2D eigenvalue weighted by Gasteiger charge is -2.40. The molecule has 7 nitrogen and oxygen atoms in total. The summed E-state index contributed by atoms with van der Waals surface area (Å²) in [7, 11) is 3.70. The zero-order valence-electron chi connectivity index (χ0n) is 18.7. The van der Waals surface area contributed by atoms with Gasteiger partial charge in [0.2, 0.25) is 5.91 Å². The van der Waals surface area contributed by atoms with Crippen molar-refractivity contribution in [3.05, 3.63) is 53.3 Å². The maximum Gasteiger partial charge on any atom is 0.490 e. The number of piperidine rings is 1. The maximum absolute atomic E-state index is 12.0. The van der Waals surface area contributed by atoms with E-state index in [-0.39, 0.29) is 11.3 Å². The second-order valence-corrected chi connectivity index (χ2v) is 8.75. The van der Waals surface area contributed by atoms with Crippen molar-refractivity contribution >= 4 is 11.9 Å². The molecule has 1 aliphatic heterocycles. The van der Waals surface area contributed by atoms with Gasteiger partial charge in [0.25, 0.3) is 0 Å². The molecule has 2 heterocycles. The van der Waals surface area contributed by atoms with E-state index in [1.54, 1.807) is 7.05 Å². The van der Waals surface area contributed by atoms with Crippen LogP contribution in [0.4, 0.5) is 13.2 Å². The predicted octanol–water partition coefficient (Wildman–Crippen LogP) is 3.21. The number of hydrogen-bond donors (Lipinski definition) is 2. The number of nitrogens with zero attached hydrogens (tertiary/aromatic N) is 3. The van der Waals surface area contributed by atoms with E-state index < -0.39 is 12.1 Å². The summed E-state index contributed by atoms with van der Waals surface area (Å²) in [5.74, 6) is -2.25. The molecule has 1 amide bonds. The van der Waals surface area contributed by atoms with Gasteiger partial charge < -0.3 is 10.4 Å². The average molecular weight is 467 g/mol. The molecule has 1 unspecified atom stereocenters. The van der Waals surface area contributed by atoms with Crippen LogP contribution in [-0.2, 0) is 28.6 Å². The number of nitrogens with one attached hydrogen (secondary N) is 1. The third-order valence-electron chi connectivity index (χ3n) is 6.54. The number of alkyl halides is 3. The minimum atomic E-state index is -5.08. The summed E-state index contributed by atoms with van der Waals surface area (Å²) in [6, 6.07) is 8.81. The number of aryl methyl sites for hydroxylation is 1. The van der Waals surface area contributed by atoms with Crippen LogP contribution in [0.3, 0.4) is 0 Å². The Morgan fingerprint density at radius 1 is 1.24 bits per heavy atom. The molecule has 2 aliphatic rings. The van der Waals surface area contributed by atoms with E-state index in [1.807, 2.05) is 17.9 Å². The van der Waals surface area contributed by atoms with Crippen molar-refractivity contribution in [1.82, 2.24) is 20.0 Å². The minimum Gasteiger partial charge on any atom is -0.475 e. The Labute approximate surface area is 190 Å². The molecule has 1 aliphatic carbocycles. The van der Waals surface area contributed by atoms with Crippen LogP contribution >= 0.6 is 0 Å². The largest absolute Gasteiger partial charge is 0.490 e. The fourth-order valence-corrected chi connectivity index (χ4v) is 4.96. The van der Waals surface area contributed by atoms with Crippen molar-refractivity contribution < 1.29 is 27.9 Å². The quantitative estimate of drug-likeness (QED) is 0.723. The van der Waals surface area contributed by atoms with Crippen molar-refractivity contribution in [2.75, 3.05) is 20.1 Å². The lowest BCUT2D eigenvalue weighted by atomic mass is 9.73. The molecule has 1 spiro atoms. The first kappa shape index (κ1) is 24.8. The number of aromatic nitrogens is 2. The summed E-state index contributed by atoms with van der Waals surface area (Å²) in [5, 5.41) is 14.2. The van der Waals surface area contributed by atoms with Crippen molar-refractivity contribution in [3.8, 4) is 0 Å². The second kappa shape index (κ2) is 9.94. The lowest BCUT2D eigenvalue weighted by Crippen LogP contribution is -2.41. The van der Waals surface area contributed by atoms with Crippen LogP contribution in [0.25, 0.3) is 0 Å². The maximum atomic E-state index is 12.0. The van der Waals surface area contributed by atoms with E-state index in [4.69, 9.17) is 9.90 Å². The van der Waals surface area contributed by atoms with Crippen LogP contribution in [0.15, 0.2) is 36.7 Å². The monoisotopic (exact) mass is 466 g/mol. The molecule has 10 heteroatoms. The third kappa shape index (κ3) is 5.93. The van der Waals surface area contributed by atoms with Crippen LogP contribution in [0.2, 0.25) is 0 Å². The summed E-state index contributed by atoms with van der Waals surface area (Å²) in [4.78, 5) is 23.4. The van der Waals surface area contributed by atoms with E-state index in [0.717, 1.165) is 26.1 Å². The molecule has 0 saturated carbocycles. The van der Waals surface area contributed by atoms with Crippen molar-refractivity contribution in [2.24, 2.45) is 7.05 Å². The summed E-state index contributed by atoms with van der Waals surface area (Å²) in [6.45, 7) is 3.19. The standard InChI is InChI=1S/C21H28N4O.C2HF3O2/c1-22-20(26)11-17-12-21(19-6-4-3-5-18(17)19)7-9-25(10-8-21)15-16-13-23-24(2)14-16;3-2(4,5)1(6)7/h3-6,13-14,17H,7-12,15H2,1-2H3,(H,22,26);(H,6,7). The number of carbonyl (C=O) groups excluding carboxylic acids is 1. The first-order chi connectivity index (χ1) is 15.5. The van der Waals surface area contributed by atoms with Gasteiger partial charge in [0.1, 0.15) is 0 Å². The van der Waals surface area contributed by atoms with Crippen LogP contribution < -0.4 is 5.32 Å². The van der Waals surface area contributed by atoms with Crippen molar-refractivity contribution in [1.29, 1.82) is 0 Å². The summed E-state index contributed by atoms with van der Waals surface area (Å²) >= 11 is 0. The van der Waals surface area contributed by atoms with Gasteiger partial charge in [-0.3, -0.25) is 14.4 Å². The van der Waals surface area contributed by atoms with Gasteiger partial charge in [-0.25, -0.2) is 4.79 Å². The zero-order valence-corrected chi connectivity index (χ0v) is 18.7. The first-order valence-corrected chi connectivity index (χ1v) is 10.8. The highest BCUT2D eigenvalue weighted by molar-refractivity contribution is 5.77. The number of likely N-dealkylation sites (tertiary alicyclic amines) is 1. The summed E-state index contributed by atoms with van der Waals surface area (Å²) in [6.07, 6.45) is 3.06. The van der Waals surface area contributed by atoms with Gasteiger partial charge in [0, 0.05) is 38.8 Å². The number of amides is 1. The molecular weight excluding hydrogens is 437 g/mol. The van der Waals surface area contributed by atoms with Gasteiger partial charge >= 0.3 is 12.1 Å². The Hall–Kier alpha value is -2.88. The Morgan fingerprint density at radius 2 is 1.88 bits per heavy atom. The molecule has 180 valence electrons. The number of halogens is 3. The predicted molar refractivity (Wildman–Crippen MR) is 116 cm³/mol. The number of carboxylic acid groups (broad SMARTS) is 1. The van der Waals surface area contributed by atoms with E-state index >= 15 is 0 Å². The van der Waals surface area contributed by atoms with Crippen LogP contribution in [0, 0.1) is 0 Å². The smallest absolute Gasteiger partial charge is 0.475 e. The fraction of sp³-hybridized carbons (Fsp3) is 0.522. The number of aliphatic carboxylic acids is 1. The fourth-order valence-electron chi connectivity index (χ4n) is 4.96. The molecule has 0 bridgehead atoms. The average Bonchev–Trinajstić information content (AvgIpc) is 3.31. The molecule has 2 aromatic rings. The number of carbonyl (C=O) groups is 2. The van der Waals surface area contributed by atoms with Gasteiger partial charge in [-0.05, 0) is 54.8 Å². The molecule has 1 aromatic carbocycles. The molecule has 0 radical (unpaired) electrons. The van der Waals surface area contributed by atoms with Crippen LogP contribution in [-0.4, -0.2) is 58.0 Å². The molecule has 2 N–H and O–H groups in total. The summed E-state index contributed by atoms with van der Waals surface area (Å²) < 4.78 is 33.6. The Kier molecular flexibility index (Phi) is 7.46. The Balaban J connectivity index is 0.000000383. The highest BCUT2D eigenvalue weighted by Crippen LogP contribution is 2.52. The highest BCUT2D eigenvalue weighted by Gasteiger charge is 2.45. The molecule has 1 aromatic heterocycles. The van der Waals surface area contributed by atoms with Crippen molar-refractivity contribution in [3.63, 3.8) is 0 Å². The number of fused-ring (bicyclic) bond motifs is 2. The number of benzene rings is 1. The van der Waals surface area contributed by atoms with Gasteiger partial charge in [-0.1, -0.05) is 24.3 Å². The van der Waals surface area contributed by atoms with Crippen molar-refractivity contribution in [2.45, 2.75) is 49.7 Å². The van der Waals surface area contributed by atoms with E-state index in [0.29, 0.717) is 12.3 Å². The molecule has 4 rings (SSSR count). The van der Waals surface area contributed by atoms with Crippen LogP contribution in [0.1, 0.15) is 48.3 Å². The van der Waals surface area contributed by atoms with E-state index in [2.05, 4.69) is 45.8 Å². The number of hydrogen-bond acceptors (Lipinski definition) is 4. The van der Waals surface area contributed by atoms with E-state index in [9.17, 15) is 18.0 Å². The third-order valence-corrected chi connectivity index (χ3v) is 6.54. The van der Waals surface area contributed by atoms with Crippen LogP contribution in [0.5, 0.6) is 0 Å². The van der Waals surface area contributed by atoms with Gasteiger partial charge in [0.05, 0.1) is 6.20 Å². The summed E-state index contributed by atoms with van der Waals surface area (Å²) in [5.41, 5.74) is 4.43. The SMILES string of the molecule is CNC(=O)CC1CC2(CCN(Cc3cnn(C)c3)CC2)c2ccccc21.O=C(O)C(F)(F)F. The van der Waals surface area contributed by atoms with E-state index in [1.165, 1.54) is 29.5 Å². The number of rotatable bonds is 4. The molecule has 1 fully saturated rings. The zero-order chi connectivity index (χ0) is 24.2. The molecule has 1 atom stereocenters. The first-order valence-electron chi connectivity index (χ1n) is 10.8. The highest BCUT2D eigenvalue weighted by atomic mass is 19.4. The van der Waals surface area contributed by atoms with Gasteiger partial charge in [-0.15, -0.1) is 0 Å². The Morgan fingerprint density at radius 3 is 2.42 bits per heavy atom. The molecular formula is C23H29F3N4O3. The number of carboxylic acids is 1. The molecule has 1 saturated heterocycles. The van der Waals surface area contributed by atoms with Gasteiger partial charge in [0.15, 0.2) is 0 Å². The molecule has 33 heavy (non-hydrogen) atoms. The minimum absolute atomic E-state index is 0.149.